The highest BCUT2D eigenvalue weighted by atomic mass is 32.2. The molecule has 4 nitrogen and oxygen atoms in total. The zero-order valence-corrected chi connectivity index (χ0v) is 14.4. The van der Waals surface area contributed by atoms with Crippen LogP contribution >= 0.6 is 11.8 Å². The Morgan fingerprint density at radius 1 is 1.33 bits per heavy atom. The molecular weight excluding hydrogens is 282 g/mol. The largest absolute Gasteiger partial charge is 0.474 e. The highest BCUT2D eigenvalue weighted by molar-refractivity contribution is 7.98. The summed E-state index contributed by atoms with van der Waals surface area (Å²) < 4.78 is 6.11. The first kappa shape index (κ1) is 16.4. The molecule has 1 aliphatic carbocycles. The zero-order chi connectivity index (χ0) is 15.3. The lowest BCUT2D eigenvalue weighted by atomic mass is 9.76. The monoisotopic (exact) mass is 309 g/mol. The van der Waals surface area contributed by atoms with E-state index in [1.54, 1.807) is 11.8 Å². The molecule has 1 N–H and O–H groups in total. The maximum absolute atomic E-state index is 6.11. The Morgan fingerprint density at radius 2 is 2.05 bits per heavy atom. The summed E-state index contributed by atoms with van der Waals surface area (Å²) in [6, 6.07) is 1.93. The fraction of sp³-hybridized carbons (Fsp3) is 0.750. The Bertz CT molecular complexity index is 455. The molecule has 0 spiro atoms. The molecule has 1 aromatic heterocycles. The van der Waals surface area contributed by atoms with Crippen molar-refractivity contribution in [3.8, 4) is 5.88 Å². The first-order valence-electron chi connectivity index (χ1n) is 7.86. The molecule has 1 aliphatic rings. The van der Waals surface area contributed by atoms with Gasteiger partial charge in [-0.3, -0.25) is 0 Å². The lowest BCUT2D eigenvalue weighted by Gasteiger charge is -2.34. The van der Waals surface area contributed by atoms with Crippen LogP contribution in [0.2, 0.25) is 0 Å². The molecule has 1 heterocycles. The van der Waals surface area contributed by atoms with Crippen LogP contribution in [-0.4, -0.2) is 28.9 Å². The molecule has 0 aromatic carbocycles. The van der Waals surface area contributed by atoms with Gasteiger partial charge in [0.15, 0.2) is 5.16 Å². The predicted molar refractivity (Wildman–Crippen MR) is 89.3 cm³/mol. The van der Waals surface area contributed by atoms with Crippen molar-refractivity contribution in [1.82, 2.24) is 9.97 Å². The van der Waals surface area contributed by atoms with Crippen molar-refractivity contribution in [3.05, 3.63) is 6.07 Å². The highest BCUT2D eigenvalue weighted by Gasteiger charge is 2.28. The van der Waals surface area contributed by atoms with Crippen LogP contribution < -0.4 is 10.1 Å². The molecule has 2 rings (SSSR count). The van der Waals surface area contributed by atoms with Gasteiger partial charge in [-0.05, 0) is 43.8 Å². The SMILES string of the molecule is CCCNc1cc(OC2CCC(C)(C)CC2)nc(SC)n1. The molecular formula is C16H27N3OS. The van der Waals surface area contributed by atoms with Gasteiger partial charge in [-0.15, -0.1) is 0 Å². The van der Waals surface area contributed by atoms with E-state index in [1.807, 2.05) is 12.3 Å². The highest BCUT2D eigenvalue weighted by Crippen LogP contribution is 2.36. The Hall–Kier alpha value is -0.970. The third-order valence-electron chi connectivity index (χ3n) is 3.99. The van der Waals surface area contributed by atoms with E-state index in [1.165, 1.54) is 12.8 Å². The fourth-order valence-electron chi connectivity index (χ4n) is 2.56. The first-order valence-corrected chi connectivity index (χ1v) is 9.08. The zero-order valence-electron chi connectivity index (χ0n) is 13.6. The average Bonchev–Trinajstić information content (AvgIpc) is 2.47. The van der Waals surface area contributed by atoms with E-state index >= 15 is 0 Å². The van der Waals surface area contributed by atoms with E-state index in [0.717, 1.165) is 36.8 Å². The Labute approximate surface area is 132 Å². The van der Waals surface area contributed by atoms with Crippen LogP contribution in [0.15, 0.2) is 11.2 Å². The lowest BCUT2D eigenvalue weighted by molar-refractivity contribution is 0.0942. The first-order chi connectivity index (χ1) is 10.0. The van der Waals surface area contributed by atoms with Crippen molar-refractivity contribution in [2.24, 2.45) is 5.41 Å². The number of thioether (sulfide) groups is 1. The lowest BCUT2D eigenvalue weighted by Crippen LogP contribution is -2.28. The van der Waals surface area contributed by atoms with Gasteiger partial charge in [0.05, 0.1) is 0 Å². The van der Waals surface area contributed by atoms with Gasteiger partial charge in [0.1, 0.15) is 11.9 Å². The van der Waals surface area contributed by atoms with Gasteiger partial charge < -0.3 is 10.1 Å². The number of ether oxygens (including phenoxy) is 1. The van der Waals surface area contributed by atoms with Crippen LogP contribution in [-0.2, 0) is 0 Å². The van der Waals surface area contributed by atoms with Gasteiger partial charge in [0.25, 0.3) is 0 Å². The standard InChI is InChI=1S/C16H27N3OS/c1-5-10-17-13-11-14(19-15(18-13)21-4)20-12-6-8-16(2,3)9-7-12/h11-12H,5-10H2,1-4H3,(H,17,18,19). The molecule has 1 fully saturated rings. The van der Waals surface area contributed by atoms with Crippen LogP contribution in [0.1, 0.15) is 52.9 Å². The number of hydrogen-bond acceptors (Lipinski definition) is 5. The van der Waals surface area contributed by atoms with Crippen LogP contribution in [0, 0.1) is 5.41 Å². The summed E-state index contributed by atoms with van der Waals surface area (Å²) in [7, 11) is 0. The number of rotatable bonds is 6. The molecule has 118 valence electrons. The third kappa shape index (κ3) is 5.06. The molecule has 0 amide bonds. The summed E-state index contributed by atoms with van der Waals surface area (Å²) in [6.45, 7) is 7.74. The Kier molecular flexibility index (Phi) is 5.73. The van der Waals surface area contributed by atoms with E-state index in [-0.39, 0.29) is 0 Å². The third-order valence-corrected chi connectivity index (χ3v) is 4.54. The van der Waals surface area contributed by atoms with Gasteiger partial charge in [-0.25, -0.2) is 4.98 Å². The van der Waals surface area contributed by atoms with Crippen molar-refractivity contribution < 1.29 is 4.74 Å². The second kappa shape index (κ2) is 7.34. The normalized spacial score (nSPS) is 18.5. The van der Waals surface area contributed by atoms with E-state index in [0.29, 0.717) is 17.4 Å². The summed E-state index contributed by atoms with van der Waals surface area (Å²) in [5.74, 6) is 1.57. The summed E-state index contributed by atoms with van der Waals surface area (Å²) in [6.07, 6.45) is 8.03. The van der Waals surface area contributed by atoms with Crippen molar-refractivity contribution in [3.63, 3.8) is 0 Å². The van der Waals surface area contributed by atoms with E-state index in [4.69, 9.17) is 4.74 Å². The maximum Gasteiger partial charge on any atom is 0.219 e. The van der Waals surface area contributed by atoms with Crippen molar-refractivity contribution in [2.45, 2.75) is 64.1 Å². The van der Waals surface area contributed by atoms with Crippen molar-refractivity contribution in [2.75, 3.05) is 18.1 Å². The molecule has 0 saturated heterocycles. The summed E-state index contributed by atoms with van der Waals surface area (Å²) >= 11 is 1.55. The van der Waals surface area contributed by atoms with Crippen LogP contribution in [0.4, 0.5) is 5.82 Å². The van der Waals surface area contributed by atoms with Crippen LogP contribution in [0.25, 0.3) is 0 Å². The summed E-state index contributed by atoms with van der Waals surface area (Å²) in [5, 5.41) is 4.08. The molecule has 0 atom stereocenters. The minimum absolute atomic E-state index is 0.293. The van der Waals surface area contributed by atoms with Gasteiger partial charge in [-0.2, -0.15) is 4.98 Å². The number of anilines is 1. The second-order valence-corrected chi connectivity index (χ2v) is 7.26. The Morgan fingerprint density at radius 3 is 2.67 bits per heavy atom. The van der Waals surface area contributed by atoms with Crippen LogP contribution in [0.3, 0.4) is 0 Å². The average molecular weight is 309 g/mol. The quantitative estimate of drug-likeness (QED) is 0.624. The van der Waals surface area contributed by atoms with Crippen molar-refractivity contribution in [1.29, 1.82) is 0 Å². The molecule has 0 radical (unpaired) electrons. The smallest absolute Gasteiger partial charge is 0.219 e. The maximum atomic E-state index is 6.11. The van der Waals surface area contributed by atoms with E-state index in [9.17, 15) is 0 Å². The number of nitrogens with one attached hydrogen (secondary N) is 1. The topological polar surface area (TPSA) is 47.0 Å². The molecule has 1 saturated carbocycles. The Balaban J connectivity index is 2.01. The predicted octanol–water partition coefficient (Wildman–Crippen LogP) is 4.37. The molecule has 1 aromatic rings. The van der Waals surface area contributed by atoms with E-state index in [2.05, 4.69) is 36.1 Å². The molecule has 21 heavy (non-hydrogen) atoms. The van der Waals surface area contributed by atoms with Crippen LogP contribution in [0.5, 0.6) is 5.88 Å². The number of nitrogens with zero attached hydrogens (tertiary/aromatic N) is 2. The second-order valence-electron chi connectivity index (χ2n) is 6.49. The van der Waals surface area contributed by atoms with Gasteiger partial charge >= 0.3 is 0 Å². The molecule has 0 aliphatic heterocycles. The molecule has 0 bridgehead atoms. The van der Waals surface area contributed by atoms with Crippen molar-refractivity contribution >= 4 is 17.6 Å². The molecule has 0 unspecified atom stereocenters. The fourth-order valence-corrected chi connectivity index (χ4v) is 2.93. The summed E-state index contributed by atoms with van der Waals surface area (Å²) in [4.78, 5) is 8.95. The minimum Gasteiger partial charge on any atom is -0.474 e. The number of hydrogen-bond donors (Lipinski definition) is 1. The molecule has 5 heteroatoms. The minimum atomic E-state index is 0.293. The van der Waals surface area contributed by atoms with Gasteiger partial charge in [0.2, 0.25) is 5.88 Å². The van der Waals surface area contributed by atoms with Gasteiger partial charge in [0, 0.05) is 12.6 Å². The van der Waals surface area contributed by atoms with E-state index < -0.39 is 0 Å². The summed E-state index contributed by atoms with van der Waals surface area (Å²) in [5.41, 5.74) is 0.462. The number of aromatic nitrogens is 2. The van der Waals surface area contributed by atoms with Gasteiger partial charge in [-0.1, -0.05) is 32.5 Å².